The lowest BCUT2D eigenvalue weighted by Gasteiger charge is -2.08. The van der Waals surface area contributed by atoms with E-state index in [-0.39, 0.29) is 5.91 Å². The smallest absolute Gasteiger partial charge is 0.251 e. The van der Waals surface area contributed by atoms with Gasteiger partial charge in [0.2, 0.25) is 0 Å². The molecule has 0 spiro atoms. The highest BCUT2D eigenvalue weighted by Crippen LogP contribution is 2.14. The lowest BCUT2D eigenvalue weighted by Crippen LogP contribution is -2.25. The molecular formula is C16H25NOS. The van der Waals surface area contributed by atoms with Crippen LogP contribution in [0, 0.1) is 6.92 Å². The van der Waals surface area contributed by atoms with E-state index >= 15 is 0 Å². The predicted molar refractivity (Wildman–Crippen MR) is 84.1 cm³/mol. The van der Waals surface area contributed by atoms with E-state index in [1.54, 1.807) is 0 Å². The van der Waals surface area contributed by atoms with Gasteiger partial charge in [0, 0.05) is 17.0 Å². The molecule has 0 radical (unpaired) electrons. The highest BCUT2D eigenvalue weighted by Gasteiger charge is 2.08. The number of aryl methyl sites for hydroxylation is 1. The zero-order valence-electron chi connectivity index (χ0n) is 12.0. The Kier molecular flexibility index (Phi) is 7.65. The maximum Gasteiger partial charge on any atom is 0.251 e. The molecule has 1 aromatic carbocycles. The number of amides is 1. The van der Waals surface area contributed by atoms with Crippen molar-refractivity contribution >= 4 is 18.5 Å². The first kappa shape index (κ1) is 16.1. The molecule has 0 fully saturated rings. The Morgan fingerprint density at radius 2 is 1.84 bits per heavy atom. The van der Waals surface area contributed by atoms with E-state index in [1.165, 1.54) is 32.1 Å². The Hall–Kier alpha value is -0.960. The highest BCUT2D eigenvalue weighted by molar-refractivity contribution is 7.80. The van der Waals surface area contributed by atoms with Crippen LogP contribution in [-0.2, 0) is 0 Å². The topological polar surface area (TPSA) is 29.1 Å². The average Bonchev–Trinajstić information content (AvgIpc) is 2.40. The lowest BCUT2D eigenvalue weighted by molar-refractivity contribution is 0.0952. The summed E-state index contributed by atoms with van der Waals surface area (Å²) in [4.78, 5) is 12.8. The third kappa shape index (κ3) is 6.15. The van der Waals surface area contributed by atoms with Gasteiger partial charge in [-0.2, -0.15) is 0 Å². The van der Waals surface area contributed by atoms with Crippen molar-refractivity contribution in [3.8, 4) is 0 Å². The van der Waals surface area contributed by atoms with Crippen LogP contribution < -0.4 is 5.32 Å². The van der Waals surface area contributed by atoms with Crippen LogP contribution in [0.4, 0.5) is 0 Å². The normalized spacial score (nSPS) is 10.5. The largest absolute Gasteiger partial charge is 0.352 e. The van der Waals surface area contributed by atoms with Gasteiger partial charge in [0.05, 0.1) is 0 Å². The van der Waals surface area contributed by atoms with Crippen LogP contribution >= 0.6 is 12.6 Å². The van der Waals surface area contributed by atoms with Crippen LogP contribution in [0.3, 0.4) is 0 Å². The number of nitrogens with one attached hydrogen (secondary N) is 1. The standard InChI is InChI=1S/C16H25NOS/c1-3-4-5-6-7-8-11-17-16(18)15-12-14(19)10-9-13(15)2/h9-10,12,19H,3-8,11H2,1-2H3,(H,17,18). The van der Waals surface area contributed by atoms with Gasteiger partial charge in [0.25, 0.3) is 5.91 Å². The van der Waals surface area contributed by atoms with Crippen molar-refractivity contribution < 1.29 is 4.79 Å². The second-order valence-electron chi connectivity index (χ2n) is 5.02. The Balaban J connectivity index is 2.26. The molecule has 0 aliphatic carbocycles. The first-order valence-corrected chi connectivity index (χ1v) is 7.67. The number of benzene rings is 1. The zero-order chi connectivity index (χ0) is 14.1. The minimum atomic E-state index is 0.0157. The molecule has 0 aliphatic rings. The predicted octanol–water partition coefficient (Wildman–Crippen LogP) is 4.37. The van der Waals surface area contributed by atoms with E-state index in [1.807, 2.05) is 25.1 Å². The number of carbonyl (C=O) groups is 1. The maximum atomic E-state index is 12.0. The van der Waals surface area contributed by atoms with Gasteiger partial charge in [-0.25, -0.2) is 0 Å². The molecule has 1 aromatic rings. The summed E-state index contributed by atoms with van der Waals surface area (Å²) in [5.41, 5.74) is 1.73. The molecule has 2 nitrogen and oxygen atoms in total. The first-order valence-electron chi connectivity index (χ1n) is 7.23. The fourth-order valence-electron chi connectivity index (χ4n) is 2.06. The van der Waals surface area contributed by atoms with Gasteiger partial charge < -0.3 is 5.32 Å². The van der Waals surface area contributed by atoms with Crippen LogP contribution in [0.15, 0.2) is 23.1 Å². The second kappa shape index (κ2) is 9.03. The van der Waals surface area contributed by atoms with Gasteiger partial charge in [0.15, 0.2) is 0 Å². The molecule has 0 atom stereocenters. The molecule has 1 amide bonds. The Morgan fingerprint density at radius 1 is 1.16 bits per heavy atom. The molecule has 0 saturated heterocycles. The molecule has 19 heavy (non-hydrogen) atoms. The van der Waals surface area contributed by atoms with Gasteiger partial charge in [-0.05, 0) is 31.0 Å². The number of unbranched alkanes of at least 4 members (excludes halogenated alkanes) is 5. The minimum absolute atomic E-state index is 0.0157. The quantitative estimate of drug-likeness (QED) is 0.537. The highest BCUT2D eigenvalue weighted by atomic mass is 32.1. The van der Waals surface area contributed by atoms with Gasteiger partial charge in [-0.3, -0.25) is 4.79 Å². The number of hydrogen-bond acceptors (Lipinski definition) is 2. The molecule has 0 heterocycles. The lowest BCUT2D eigenvalue weighted by atomic mass is 10.1. The molecule has 1 rings (SSSR count). The average molecular weight is 279 g/mol. The summed E-state index contributed by atoms with van der Waals surface area (Å²) in [6.45, 7) is 4.94. The van der Waals surface area contributed by atoms with E-state index in [4.69, 9.17) is 0 Å². The van der Waals surface area contributed by atoms with Crippen molar-refractivity contribution in [1.82, 2.24) is 5.32 Å². The van der Waals surface area contributed by atoms with Crippen molar-refractivity contribution in [3.63, 3.8) is 0 Å². The van der Waals surface area contributed by atoms with E-state index in [0.717, 1.165) is 29.0 Å². The van der Waals surface area contributed by atoms with Crippen LogP contribution in [-0.4, -0.2) is 12.5 Å². The summed E-state index contributed by atoms with van der Waals surface area (Å²) in [6.07, 6.45) is 7.44. The first-order chi connectivity index (χ1) is 9.15. The van der Waals surface area contributed by atoms with Crippen molar-refractivity contribution in [3.05, 3.63) is 29.3 Å². The third-order valence-corrected chi connectivity index (χ3v) is 3.56. The van der Waals surface area contributed by atoms with Crippen LogP contribution in [0.2, 0.25) is 0 Å². The van der Waals surface area contributed by atoms with Gasteiger partial charge in [-0.1, -0.05) is 45.1 Å². The zero-order valence-corrected chi connectivity index (χ0v) is 12.9. The molecule has 0 bridgehead atoms. The molecule has 106 valence electrons. The summed E-state index contributed by atoms with van der Waals surface area (Å²) in [5, 5.41) is 2.99. The number of carbonyl (C=O) groups excluding carboxylic acids is 1. The molecule has 0 unspecified atom stereocenters. The number of thiol groups is 1. The summed E-state index contributed by atoms with van der Waals surface area (Å²) in [6, 6.07) is 5.67. The summed E-state index contributed by atoms with van der Waals surface area (Å²) >= 11 is 4.27. The summed E-state index contributed by atoms with van der Waals surface area (Å²) in [5.74, 6) is 0.0157. The number of rotatable bonds is 8. The summed E-state index contributed by atoms with van der Waals surface area (Å²) in [7, 11) is 0. The molecular weight excluding hydrogens is 254 g/mol. The van der Waals surface area contributed by atoms with Gasteiger partial charge >= 0.3 is 0 Å². The summed E-state index contributed by atoms with van der Waals surface area (Å²) < 4.78 is 0. The van der Waals surface area contributed by atoms with E-state index in [9.17, 15) is 4.79 Å². The molecule has 0 aromatic heterocycles. The van der Waals surface area contributed by atoms with Crippen LogP contribution in [0.5, 0.6) is 0 Å². The third-order valence-electron chi connectivity index (χ3n) is 3.28. The van der Waals surface area contributed by atoms with Crippen molar-refractivity contribution in [2.75, 3.05) is 6.54 Å². The van der Waals surface area contributed by atoms with Crippen molar-refractivity contribution in [1.29, 1.82) is 0 Å². The van der Waals surface area contributed by atoms with E-state index in [2.05, 4.69) is 24.9 Å². The fourth-order valence-corrected chi connectivity index (χ4v) is 2.26. The number of hydrogen-bond donors (Lipinski definition) is 2. The molecule has 3 heteroatoms. The van der Waals surface area contributed by atoms with Crippen LogP contribution in [0.1, 0.15) is 61.4 Å². The van der Waals surface area contributed by atoms with Crippen molar-refractivity contribution in [2.45, 2.75) is 57.3 Å². The Labute approximate surface area is 122 Å². The van der Waals surface area contributed by atoms with Crippen molar-refractivity contribution in [2.24, 2.45) is 0 Å². The van der Waals surface area contributed by atoms with Gasteiger partial charge in [-0.15, -0.1) is 12.6 Å². The van der Waals surface area contributed by atoms with E-state index < -0.39 is 0 Å². The second-order valence-corrected chi connectivity index (χ2v) is 5.54. The Bertz CT molecular complexity index is 404. The SMILES string of the molecule is CCCCCCCCNC(=O)c1cc(S)ccc1C. The maximum absolute atomic E-state index is 12.0. The fraction of sp³-hybridized carbons (Fsp3) is 0.562. The van der Waals surface area contributed by atoms with Crippen LogP contribution in [0.25, 0.3) is 0 Å². The monoisotopic (exact) mass is 279 g/mol. The molecule has 0 aliphatic heterocycles. The molecule has 1 N–H and O–H groups in total. The molecule has 0 saturated carbocycles. The van der Waals surface area contributed by atoms with Gasteiger partial charge in [0.1, 0.15) is 0 Å². The Morgan fingerprint density at radius 3 is 2.58 bits per heavy atom. The van der Waals surface area contributed by atoms with E-state index in [0.29, 0.717) is 0 Å². The minimum Gasteiger partial charge on any atom is -0.352 e.